The summed E-state index contributed by atoms with van der Waals surface area (Å²) in [7, 11) is 1.13. The number of rotatable bonds is 5. The number of methoxy groups -OCH3 is 1. The molecular weight excluding hydrogens is 368 g/mol. The lowest BCUT2D eigenvalue weighted by Gasteiger charge is -2.17. The first-order valence-electron chi connectivity index (χ1n) is 8.04. The van der Waals surface area contributed by atoms with Crippen molar-refractivity contribution in [2.45, 2.75) is 33.1 Å². The molecule has 0 bridgehead atoms. The monoisotopic (exact) mass is 386 g/mol. The van der Waals surface area contributed by atoms with Gasteiger partial charge in [0.05, 0.1) is 12.7 Å². The van der Waals surface area contributed by atoms with Crippen molar-refractivity contribution in [2.75, 3.05) is 7.11 Å². The molecule has 8 heteroatoms. The molecule has 0 N–H and O–H groups in total. The molecule has 0 aliphatic heterocycles. The van der Waals surface area contributed by atoms with E-state index in [-0.39, 0.29) is 24.3 Å². The fourth-order valence-corrected chi connectivity index (χ4v) is 2.45. The SMILES string of the molecule is CCc1cc(C(F)(F)F)c(OCc2c(C)cccc2OC(=O)OC)cc1F. The fraction of sp³-hybridized carbons (Fsp3) is 0.316. The van der Waals surface area contributed by atoms with Crippen molar-refractivity contribution >= 4 is 6.16 Å². The minimum Gasteiger partial charge on any atom is -0.488 e. The highest BCUT2D eigenvalue weighted by Gasteiger charge is 2.35. The highest BCUT2D eigenvalue weighted by atomic mass is 19.4. The van der Waals surface area contributed by atoms with Crippen molar-refractivity contribution in [3.63, 3.8) is 0 Å². The Kier molecular flexibility index (Phi) is 6.30. The first-order valence-corrected chi connectivity index (χ1v) is 8.04. The summed E-state index contributed by atoms with van der Waals surface area (Å²) >= 11 is 0. The van der Waals surface area contributed by atoms with Gasteiger partial charge in [0.25, 0.3) is 0 Å². The minimum absolute atomic E-state index is 0.0553. The van der Waals surface area contributed by atoms with E-state index in [2.05, 4.69) is 4.74 Å². The summed E-state index contributed by atoms with van der Waals surface area (Å²) in [6.07, 6.45) is -5.56. The predicted molar refractivity (Wildman–Crippen MR) is 89.3 cm³/mol. The van der Waals surface area contributed by atoms with Crippen LogP contribution in [0.5, 0.6) is 11.5 Å². The molecule has 0 aromatic heterocycles. The lowest BCUT2D eigenvalue weighted by atomic mass is 10.1. The summed E-state index contributed by atoms with van der Waals surface area (Å²) in [6.45, 7) is 2.88. The molecule has 0 radical (unpaired) electrons. The number of ether oxygens (including phenoxy) is 3. The van der Waals surface area contributed by atoms with Gasteiger partial charge in [-0.2, -0.15) is 13.2 Å². The molecule has 146 valence electrons. The average molecular weight is 386 g/mol. The first kappa shape index (κ1) is 20.5. The number of hydrogen-bond acceptors (Lipinski definition) is 4. The Labute approximate surface area is 153 Å². The number of alkyl halides is 3. The van der Waals surface area contributed by atoms with Crippen LogP contribution in [0, 0.1) is 12.7 Å². The number of carbonyl (C=O) groups excluding carboxylic acids is 1. The van der Waals surface area contributed by atoms with Crippen molar-refractivity contribution in [2.24, 2.45) is 0 Å². The highest BCUT2D eigenvalue weighted by Crippen LogP contribution is 2.38. The summed E-state index contributed by atoms with van der Waals surface area (Å²) < 4.78 is 68.6. The van der Waals surface area contributed by atoms with Crippen LogP contribution in [-0.2, 0) is 23.9 Å². The lowest BCUT2D eigenvalue weighted by Crippen LogP contribution is -2.13. The maximum absolute atomic E-state index is 14.0. The Balaban J connectivity index is 2.37. The van der Waals surface area contributed by atoms with Gasteiger partial charge in [-0.15, -0.1) is 0 Å². The van der Waals surface area contributed by atoms with E-state index in [1.807, 2.05) is 0 Å². The Hall–Kier alpha value is -2.77. The van der Waals surface area contributed by atoms with Gasteiger partial charge >= 0.3 is 12.3 Å². The van der Waals surface area contributed by atoms with Gasteiger partial charge in [-0.05, 0) is 36.6 Å². The molecule has 2 aromatic carbocycles. The molecule has 0 saturated carbocycles. The molecule has 0 aliphatic rings. The van der Waals surface area contributed by atoms with E-state index in [9.17, 15) is 22.4 Å². The second kappa shape index (κ2) is 8.28. The number of benzene rings is 2. The Bertz CT molecular complexity index is 831. The van der Waals surface area contributed by atoms with Gasteiger partial charge in [0, 0.05) is 11.6 Å². The van der Waals surface area contributed by atoms with Crippen molar-refractivity contribution in [3.05, 3.63) is 58.4 Å². The number of hydrogen-bond donors (Lipinski definition) is 0. The first-order chi connectivity index (χ1) is 12.7. The predicted octanol–water partition coefficient (Wildman–Crippen LogP) is 5.44. The lowest BCUT2D eigenvalue weighted by molar-refractivity contribution is -0.139. The van der Waals surface area contributed by atoms with Crippen LogP contribution < -0.4 is 9.47 Å². The molecule has 2 rings (SSSR count). The topological polar surface area (TPSA) is 44.8 Å². The van der Waals surface area contributed by atoms with E-state index in [1.165, 1.54) is 6.07 Å². The Morgan fingerprint density at radius 2 is 1.85 bits per heavy atom. The van der Waals surface area contributed by atoms with E-state index in [0.29, 0.717) is 11.1 Å². The number of aryl methyl sites for hydroxylation is 2. The Morgan fingerprint density at radius 1 is 1.15 bits per heavy atom. The summed E-state index contributed by atoms with van der Waals surface area (Å²) in [5, 5.41) is 0. The van der Waals surface area contributed by atoms with Gasteiger partial charge in [-0.3, -0.25) is 0 Å². The van der Waals surface area contributed by atoms with Crippen molar-refractivity contribution in [1.82, 2.24) is 0 Å². The van der Waals surface area contributed by atoms with Gasteiger partial charge in [0.1, 0.15) is 23.9 Å². The summed E-state index contributed by atoms with van der Waals surface area (Å²) in [6, 6.07) is 6.20. The van der Waals surface area contributed by atoms with Crippen LogP contribution in [0.2, 0.25) is 0 Å². The molecule has 0 atom stereocenters. The third-order valence-corrected chi connectivity index (χ3v) is 3.93. The van der Waals surface area contributed by atoms with Crippen molar-refractivity contribution < 1.29 is 36.6 Å². The quantitative estimate of drug-likeness (QED) is 0.390. The van der Waals surface area contributed by atoms with Crippen LogP contribution >= 0.6 is 0 Å². The largest absolute Gasteiger partial charge is 0.513 e. The maximum atomic E-state index is 14.0. The molecule has 0 saturated heterocycles. The normalized spacial score (nSPS) is 11.2. The van der Waals surface area contributed by atoms with Gasteiger partial charge < -0.3 is 14.2 Å². The molecule has 0 amide bonds. The van der Waals surface area contributed by atoms with Crippen molar-refractivity contribution in [3.8, 4) is 11.5 Å². The van der Waals surface area contributed by atoms with E-state index in [1.54, 1.807) is 26.0 Å². The molecule has 0 fully saturated rings. The third-order valence-electron chi connectivity index (χ3n) is 3.93. The van der Waals surface area contributed by atoms with Crippen LogP contribution in [0.3, 0.4) is 0 Å². The zero-order chi connectivity index (χ0) is 20.2. The van der Waals surface area contributed by atoms with Crippen LogP contribution in [0.1, 0.15) is 29.2 Å². The zero-order valence-electron chi connectivity index (χ0n) is 14.9. The van der Waals surface area contributed by atoms with Crippen molar-refractivity contribution in [1.29, 1.82) is 0 Å². The second-order valence-electron chi connectivity index (χ2n) is 5.69. The number of halogens is 4. The zero-order valence-corrected chi connectivity index (χ0v) is 14.9. The smallest absolute Gasteiger partial charge is 0.488 e. The fourth-order valence-electron chi connectivity index (χ4n) is 2.45. The highest BCUT2D eigenvalue weighted by molar-refractivity contribution is 5.64. The van der Waals surface area contributed by atoms with E-state index < -0.39 is 29.5 Å². The summed E-state index contributed by atoms with van der Waals surface area (Å²) in [5.41, 5.74) is -0.156. The minimum atomic E-state index is -4.70. The van der Waals surface area contributed by atoms with Gasteiger partial charge in [-0.1, -0.05) is 19.1 Å². The van der Waals surface area contributed by atoms with E-state index in [4.69, 9.17) is 9.47 Å². The van der Waals surface area contributed by atoms with E-state index >= 15 is 0 Å². The molecule has 0 unspecified atom stereocenters. The molecule has 0 spiro atoms. The second-order valence-corrected chi connectivity index (χ2v) is 5.69. The maximum Gasteiger partial charge on any atom is 0.513 e. The van der Waals surface area contributed by atoms with Crippen LogP contribution in [0.25, 0.3) is 0 Å². The average Bonchev–Trinajstić information content (AvgIpc) is 2.60. The van der Waals surface area contributed by atoms with Crippen LogP contribution in [0.4, 0.5) is 22.4 Å². The molecule has 4 nitrogen and oxygen atoms in total. The van der Waals surface area contributed by atoms with Gasteiger partial charge in [-0.25, -0.2) is 9.18 Å². The standard InChI is InChI=1S/C19H18F4O4/c1-4-12-8-14(19(21,22)23)17(9-15(12)20)26-10-13-11(2)6-5-7-16(13)27-18(24)25-3/h5-9H,4,10H2,1-3H3. The van der Waals surface area contributed by atoms with Gasteiger partial charge in [0.2, 0.25) is 0 Å². The summed E-state index contributed by atoms with van der Waals surface area (Å²) in [5.74, 6) is -1.33. The van der Waals surface area contributed by atoms with Crippen LogP contribution in [-0.4, -0.2) is 13.3 Å². The third kappa shape index (κ3) is 4.90. The molecule has 0 aliphatic carbocycles. The van der Waals surface area contributed by atoms with Gasteiger partial charge in [0.15, 0.2) is 0 Å². The van der Waals surface area contributed by atoms with E-state index in [0.717, 1.165) is 19.2 Å². The van der Waals surface area contributed by atoms with Crippen LogP contribution in [0.15, 0.2) is 30.3 Å². The number of carbonyl (C=O) groups is 1. The Morgan fingerprint density at radius 3 is 2.44 bits per heavy atom. The molecule has 27 heavy (non-hydrogen) atoms. The molecule has 2 aromatic rings. The summed E-state index contributed by atoms with van der Waals surface area (Å²) in [4.78, 5) is 11.3. The molecule has 0 heterocycles. The molecular formula is C19H18F4O4.